The Bertz CT molecular complexity index is 516. The molecule has 1 aromatic heterocycles. The highest BCUT2D eigenvalue weighted by Crippen LogP contribution is 2.19. The second-order valence-corrected chi connectivity index (χ2v) is 7.51. The molecule has 0 aromatic carbocycles. The first-order chi connectivity index (χ1) is 10.3. The predicted molar refractivity (Wildman–Crippen MR) is 89.6 cm³/mol. The van der Waals surface area contributed by atoms with Gasteiger partial charge in [-0.1, -0.05) is 0 Å². The Morgan fingerprint density at radius 2 is 2.32 bits per heavy atom. The fourth-order valence-corrected chi connectivity index (χ4v) is 2.88. The number of hydrogen-bond donors (Lipinski definition) is 1. The van der Waals surface area contributed by atoms with E-state index in [1.54, 1.807) is 11.1 Å². The SMILES string of the molecule is CC(C)(C)OC(=O)N1CCC(CNCc2ccnc(Br)c2)C1. The topological polar surface area (TPSA) is 54.5 Å². The summed E-state index contributed by atoms with van der Waals surface area (Å²) in [5.41, 5.74) is 0.770. The molecule has 0 bridgehead atoms. The van der Waals surface area contributed by atoms with Crippen LogP contribution < -0.4 is 5.32 Å². The second-order valence-electron chi connectivity index (χ2n) is 6.70. The minimum Gasteiger partial charge on any atom is -0.444 e. The molecule has 0 spiro atoms. The summed E-state index contributed by atoms with van der Waals surface area (Å²) in [5.74, 6) is 0.484. The fourth-order valence-electron chi connectivity index (χ4n) is 2.46. The first-order valence-electron chi connectivity index (χ1n) is 7.62. The number of rotatable bonds is 4. The summed E-state index contributed by atoms with van der Waals surface area (Å²) in [4.78, 5) is 17.9. The summed E-state index contributed by atoms with van der Waals surface area (Å²) in [7, 11) is 0. The van der Waals surface area contributed by atoms with Gasteiger partial charge in [0.2, 0.25) is 0 Å². The minimum absolute atomic E-state index is 0.201. The maximum Gasteiger partial charge on any atom is 0.410 e. The maximum absolute atomic E-state index is 12.0. The second kappa shape index (κ2) is 7.42. The van der Waals surface area contributed by atoms with E-state index >= 15 is 0 Å². The van der Waals surface area contributed by atoms with Crippen LogP contribution in [0.4, 0.5) is 4.79 Å². The molecule has 1 saturated heterocycles. The van der Waals surface area contributed by atoms with E-state index in [0.29, 0.717) is 5.92 Å². The lowest BCUT2D eigenvalue weighted by molar-refractivity contribution is 0.0288. The number of carbonyl (C=O) groups excluding carboxylic acids is 1. The van der Waals surface area contributed by atoms with Gasteiger partial charge in [-0.05, 0) is 66.7 Å². The van der Waals surface area contributed by atoms with Gasteiger partial charge in [0.25, 0.3) is 0 Å². The number of hydrogen-bond acceptors (Lipinski definition) is 4. The molecule has 6 heteroatoms. The highest BCUT2D eigenvalue weighted by Gasteiger charge is 2.29. The molecule has 5 nitrogen and oxygen atoms in total. The zero-order chi connectivity index (χ0) is 16.2. The predicted octanol–water partition coefficient (Wildman–Crippen LogP) is 3.19. The van der Waals surface area contributed by atoms with E-state index in [1.165, 1.54) is 5.56 Å². The Kier molecular flexibility index (Phi) is 5.81. The van der Waals surface area contributed by atoms with Crippen LogP contribution in [0.1, 0.15) is 32.8 Å². The van der Waals surface area contributed by atoms with Crippen molar-refractivity contribution in [3.05, 3.63) is 28.5 Å². The van der Waals surface area contributed by atoms with Crippen molar-refractivity contribution in [2.24, 2.45) is 5.92 Å². The summed E-state index contributed by atoms with van der Waals surface area (Å²) >= 11 is 3.37. The number of nitrogens with zero attached hydrogens (tertiary/aromatic N) is 2. The molecule has 1 unspecified atom stereocenters. The molecule has 2 heterocycles. The average molecular weight is 370 g/mol. The third-order valence-corrected chi connectivity index (χ3v) is 3.92. The van der Waals surface area contributed by atoms with E-state index in [2.05, 4.69) is 26.2 Å². The average Bonchev–Trinajstić information content (AvgIpc) is 2.86. The smallest absolute Gasteiger partial charge is 0.410 e. The summed E-state index contributed by atoms with van der Waals surface area (Å²) in [6.45, 7) is 8.94. The van der Waals surface area contributed by atoms with Crippen molar-refractivity contribution < 1.29 is 9.53 Å². The number of pyridine rings is 1. The van der Waals surface area contributed by atoms with E-state index in [9.17, 15) is 4.79 Å². The molecule has 1 atom stereocenters. The lowest BCUT2D eigenvalue weighted by Gasteiger charge is -2.24. The van der Waals surface area contributed by atoms with Crippen molar-refractivity contribution in [1.82, 2.24) is 15.2 Å². The van der Waals surface area contributed by atoms with Crippen LogP contribution in [0.2, 0.25) is 0 Å². The largest absolute Gasteiger partial charge is 0.444 e. The summed E-state index contributed by atoms with van der Waals surface area (Å²) < 4.78 is 6.26. The van der Waals surface area contributed by atoms with Crippen molar-refractivity contribution in [2.45, 2.75) is 39.3 Å². The Morgan fingerprint density at radius 1 is 1.55 bits per heavy atom. The number of amides is 1. The molecule has 1 aromatic rings. The quantitative estimate of drug-likeness (QED) is 0.828. The molecule has 1 fully saturated rings. The van der Waals surface area contributed by atoms with Gasteiger partial charge in [-0.15, -0.1) is 0 Å². The van der Waals surface area contributed by atoms with Gasteiger partial charge in [-0.25, -0.2) is 9.78 Å². The molecule has 0 aliphatic carbocycles. The van der Waals surface area contributed by atoms with Crippen LogP contribution >= 0.6 is 15.9 Å². The number of likely N-dealkylation sites (tertiary alicyclic amines) is 1. The van der Waals surface area contributed by atoms with E-state index in [4.69, 9.17) is 4.74 Å². The highest BCUT2D eigenvalue weighted by molar-refractivity contribution is 9.10. The molecular formula is C16H24BrN3O2. The molecular weight excluding hydrogens is 346 g/mol. The van der Waals surface area contributed by atoms with Crippen LogP contribution in [0.3, 0.4) is 0 Å². The van der Waals surface area contributed by atoms with Crippen LogP contribution in [0.25, 0.3) is 0 Å². The number of nitrogens with one attached hydrogen (secondary N) is 1. The van der Waals surface area contributed by atoms with Crippen LogP contribution in [-0.4, -0.2) is 41.2 Å². The number of aromatic nitrogens is 1. The molecule has 0 saturated carbocycles. The number of carbonyl (C=O) groups is 1. The van der Waals surface area contributed by atoms with Gasteiger partial charge >= 0.3 is 6.09 Å². The van der Waals surface area contributed by atoms with Crippen molar-refractivity contribution >= 4 is 22.0 Å². The van der Waals surface area contributed by atoms with E-state index < -0.39 is 5.60 Å². The third kappa shape index (κ3) is 5.57. The fraction of sp³-hybridized carbons (Fsp3) is 0.625. The first-order valence-corrected chi connectivity index (χ1v) is 8.42. The third-order valence-electron chi connectivity index (χ3n) is 3.49. The standard InChI is InChI=1S/C16H24BrN3O2/c1-16(2,3)22-15(21)20-7-5-13(11-20)10-18-9-12-4-6-19-14(17)8-12/h4,6,8,13,18H,5,7,9-11H2,1-3H3. The minimum atomic E-state index is -0.428. The molecule has 0 radical (unpaired) electrons. The Labute approximate surface area is 140 Å². The zero-order valence-corrected chi connectivity index (χ0v) is 15.0. The number of halogens is 1. The number of ether oxygens (including phenoxy) is 1. The molecule has 1 aliphatic rings. The molecule has 22 heavy (non-hydrogen) atoms. The lowest BCUT2D eigenvalue weighted by Crippen LogP contribution is -2.36. The Balaban J connectivity index is 1.71. The van der Waals surface area contributed by atoms with E-state index in [-0.39, 0.29) is 6.09 Å². The van der Waals surface area contributed by atoms with Gasteiger partial charge in [0, 0.05) is 32.4 Å². The van der Waals surface area contributed by atoms with Crippen LogP contribution in [0.15, 0.2) is 22.9 Å². The lowest BCUT2D eigenvalue weighted by atomic mass is 10.1. The van der Waals surface area contributed by atoms with Crippen LogP contribution in [0, 0.1) is 5.92 Å². The Hall–Kier alpha value is -1.14. The molecule has 122 valence electrons. The molecule has 1 amide bonds. The molecule has 2 rings (SSSR count). The van der Waals surface area contributed by atoms with Gasteiger partial charge in [0.15, 0.2) is 0 Å². The van der Waals surface area contributed by atoms with Crippen molar-refractivity contribution in [2.75, 3.05) is 19.6 Å². The van der Waals surface area contributed by atoms with Crippen molar-refractivity contribution in [3.63, 3.8) is 0 Å². The van der Waals surface area contributed by atoms with Crippen LogP contribution in [0.5, 0.6) is 0 Å². The zero-order valence-electron chi connectivity index (χ0n) is 13.4. The molecule has 1 N–H and O–H groups in total. The summed E-state index contributed by atoms with van der Waals surface area (Å²) in [6, 6.07) is 4.01. The first kappa shape index (κ1) is 17.2. The van der Waals surface area contributed by atoms with E-state index in [0.717, 1.165) is 37.2 Å². The van der Waals surface area contributed by atoms with Gasteiger partial charge in [-0.2, -0.15) is 0 Å². The van der Waals surface area contributed by atoms with Gasteiger partial charge < -0.3 is 15.0 Å². The van der Waals surface area contributed by atoms with Crippen LogP contribution in [-0.2, 0) is 11.3 Å². The monoisotopic (exact) mass is 369 g/mol. The maximum atomic E-state index is 12.0. The van der Waals surface area contributed by atoms with Gasteiger partial charge in [0.05, 0.1) is 0 Å². The summed E-state index contributed by atoms with van der Waals surface area (Å²) in [5, 5.41) is 3.45. The normalized spacial score (nSPS) is 18.5. The van der Waals surface area contributed by atoms with Gasteiger partial charge in [-0.3, -0.25) is 0 Å². The van der Waals surface area contributed by atoms with E-state index in [1.807, 2.05) is 32.9 Å². The highest BCUT2D eigenvalue weighted by atomic mass is 79.9. The van der Waals surface area contributed by atoms with Gasteiger partial charge in [0.1, 0.15) is 10.2 Å². The summed E-state index contributed by atoms with van der Waals surface area (Å²) in [6.07, 6.45) is 2.61. The van der Waals surface area contributed by atoms with Crippen molar-refractivity contribution in [3.8, 4) is 0 Å². The van der Waals surface area contributed by atoms with Crippen molar-refractivity contribution in [1.29, 1.82) is 0 Å². The molecule has 1 aliphatic heterocycles. The Morgan fingerprint density at radius 3 is 3.00 bits per heavy atom.